The molecule has 0 heterocycles. The molecule has 424 valence electrons. The van der Waals surface area contributed by atoms with Crippen LogP contribution < -0.4 is 0 Å². The third kappa shape index (κ3) is 59.2. The topological polar surface area (TPSA) is 78.9 Å². The summed E-state index contributed by atoms with van der Waals surface area (Å²) in [6, 6.07) is 0. The highest BCUT2D eigenvalue weighted by atomic mass is 16.6. The lowest BCUT2D eigenvalue weighted by Gasteiger charge is -2.18. The molecule has 0 aromatic carbocycles. The summed E-state index contributed by atoms with van der Waals surface area (Å²) in [7, 11) is 0. The molecule has 0 amide bonds. The number of carbonyl (C=O) groups excluding carboxylic acids is 3. The lowest BCUT2D eigenvalue weighted by atomic mass is 10.0. The van der Waals surface area contributed by atoms with Crippen molar-refractivity contribution in [1.29, 1.82) is 0 Å². The number of esters is 3. The minimum absolute atomic E-state index is 0.0828. The highest BCUT2D eigenvalue weighted by molar-refractivity contribution is 5.71. The summed E-state index contributed by atoms with van der Waals surface area (Å²) < 4.78 is 16.9. The number of hydrogen-bond donors (Lipinski definition) is 0. The summed E-state index contributed by atoms with van der Waals surface area (Å²) in [5.41, 5.74) is 0. The van der Waals surface area contributed by atoms with Crippen LogP contribution in [-0.2, 0) is 28.6 Å². The van der Waals surface area contributed by atoms with Gasteiger partial charge in [0.1, 0.15) is 13.2 Å². The molecule has 0 radical (unpaired) electrons. The molecule has 1 atom stereocenters. The first-order chi connectivity index (χ1) is 36.5. The smallest absolute Gasteiger partial charge is 0.306 e. The zero-order chi connectivity index (χ0) is 53.6. The molecule has 0 bridgehead atoms. The standard InChI is InChI=1S/C68H116O6/c1-4-7-10-13-16-19-22-25-27-28-29-30-31-32-33-34-35-36-37-38-39-40-42-43-46-49-52-55-58-61-67(70)73-64-65(63-72-66(69)60-57-54-51-48-45-24-21-18-15-12-9-6-3)74-68(71)62-59-56-53-50-47-44-41-26-23-20-17-14-11-8-5-2/h7,10,16,18-19,21,25,27,29-30,32-33,35-36,38-39,65H,4-6,8-9,11-15,17,20,22-24,26,28,31,34,37,40-64H2,1-3H3/b10-7-,19-16-,21-18-,27-25-,30-29-,33-32-,36-35-,39-38-. The maximum absolute atomic E-state index is 12.9. The average Bonchev–Trinajstić information content (AvgIpc) is 3.40. The van der Waals surface area contributed by atoms with Gasteiger partial charge in [-0.1, -0.05) is 272 Å². The van der Waals surface area contributed by atoms with Crippen LogP contribution in [0.25, 0.3) is 0 Å². The molecule has 1 unspecified atom stereocenters. The Morgan fingerprint density at radius 2 is 0.527 bits per heavy atom. The first-order valence-electron chi connectivity index (χ1n) is 31.2. The van der Waals surface area contributed by atoms with Crippen molar-refractivity contribution in [3.8, 4) is 0 Å². The van der Waals surface area contributed by atoms with Crippen LogP contribution in [0.5, 0.6) is 0 Å². The molecule has 0 rings (SSSR count). The van der Waals surface area contributed by atoms with Crippen molar-refractivity contribution in [2.45, 2.75) is 303 Å². The number of hydrogen-bond acceptors (Lipinski definition) is 6. The minimum Gasteiger partial charge on any atom is -0.462 e. The van der Waals surface area contributed by atoms with E-state index in [4.69, 9.17) is 14.2 Å². The predicted octanol–water partition coefficient (Wildman–Crippen LogP) is 21.3. The number of rotatable bonds is 56. The van der Waals surface area contributed by atoms with E-state index in [9.17, 15) is 14.4 Å². The first-order valence-corrected chi connectivity index (χ1v) is 31.2. The van der Waals surface area contributed by atoms with Gasteiger partial charge in [-0.2, -0.15) is 0 Å². The fourth-order valence-electron chi connectivity index (χ4n) is 8.65. The lowest BCUT2D eigenvalue weighted by molar-refractivity contribution is -0.167. The maximum atomic E-state index is 12.9. The van der Waals surface area contributed by atoms with Gasteiger partial charge in [-0.3, -0.25) is 14.4 Å². The van der Waals surface area contributed by atoms with Gasteiger partial charge < -0.3 is 14.2 Å². The zero-order valence-corrected chi connectivity index (χ0v) is 48.6. The predicted molar refractivity (Wildman–Crippen MR) is 320 cm³/mol. The van der Waals surface area contributed by atoms with Crippen molar-refractivity contribution >= 4 is 17.9 Å². The molecule has 0 aromatic heterocycles. The van der Waals surface area contributed by atoms with Gasteiger partial charge in [-0.25, -0.2) is 0 Å². The van der Waals surface area contributed by atoms with Crippen LogP contribution in [0.4, 0.5) is 0 Å². The largest absolute Gasteiger partial charge is 0.462 e. The van der Waals surface area contributed by atoms with Gasteiger partial charge in [0.15, 0.2) is 6.10 Å². The van der Waals surface area contributed by atoms with E-state index in [2.05, 4.69) is 118 Å². The van der Waals surface area contributed by atoms with Crippen molar-refractivity contribution in [2.24, 2.45) is 0 Å². The van der Waals surface area contributed by atoms with Crippen LogP contribution in [0.15, 0.2) is 97.2 Å². The quantitative estimate of drug-likeness (QED) is 0.0261. The van der Waals surface area contributed by atoms with Gasteiger partial charge in [0.2, 0.25) is 0 Å². The summed E-state index contributed by atoms with van der Waals surface area (Å²) in [6.45, 7) is 6.51. The van der Waals surface area contributed by atoms with E-state index in [1.807, 2.05) is 0 Å². The Kier molecular flexibility index (Phi) is 58.8. The molecule has 0 N–H and O–H groups in total. The van der Waals surface area contributed by atoms with Crippen LogP contribution in [0.2, 0.25) is 0 Å². The van der Waals surface area contributed by atoms with E-state index in [1.165, 1.54) is 141 Å². The fraction of sp³-hybridized carbons (Fsp3) is 0.721. The Balaban J connectivity index is 4.29. The normalized spacial score (nSPS) is 12.7. The highest BCUT2D eigenvalue weighted by Crippen LogP contribution is 2.16. The average molecular weight is 1030 g/mol. The molecular formula is C68H116O6. The van der Waals surface area contributed by atoms with E-state index in [0.717, 1.165) is 116 Å². The van der Waals surface area contributed by atoms with Crippen molar-refractivity contribution in [1.82, 2.24) is 0 Å². The molecule has 0 aliphatic rings. The molecule has 0 saturated heterocycles. The second-order valence-electron chi connectivity index (χ2n) is 20.6. The highest BCUT2D eigenvalue weighted by Gasteiger charge is 2.19. The van der Waals surface area contributed by atoms with Crippen molar-refractivity contribution in [2.75, 3.05) is 13.2 Å². The monoisotopic (exact) mass is 1030 g/mol. The summed E-state index contributed by atoms with van der Waals surface area (Å²) in [5, 5.41) is 0. The summed E-state index contributed by atoms with van der Waals surface area (Å²) in [5.74, 6) is -0.893. The number of carbonyl (C=O) groups is 3. The van der Waals surface area contributed by atoms with Crippen molar-refractivity contribution < 1.29 is 28.6 Å². The van der Waals surface area contributed by atoms with Gasteiger partial charge in [0.05, 0.1) is 0 Å². The third-order valence-corrected chi connectivity index (χ3v) is 13.3. The number of unbranched alkanes of at least 4 members (excludes halogenated alkanes) is 29. The van der Waals surface area contributed by atoms with Crippen LogP contribution >= 0.6 is 0 Å². The molecular weight excluding hydrogens is 913 g/mol. The van der Waals surface area contributed by atoms with E-state index < -0.39 is 6.10 Å². The van der Waals surface area contributed by atoms with E-state index in [1.54, 1.807) is 0 Å². The van der Waals surface area contributed by atoms with E-state index in [-0.39, 0.29) is 31.1 Å². The van der Waals surface area contributed by atoms with Gasteiger partial charge in [-0.05, 0) is 103 Å². The van der Waals surface area contributed by atoms with Crippen LogP contribution in [0.3, 0.4) is 0 Å². The zero-order valence-electron chi connectivity index (χ0n) is 48.6. The Morgan fingerprint density at radius 3 is 0.865 bits per heavy atom. The van der Waals surface area contributed by atoms with E-state index >= 15 is 0 Å². The minimum atomic E-state index is -0.784. The van der Waals surface area contributed by atoms with Gasteiger partial charge in [0, 0.05) is 19.3 Å². The molecule has 6 heteroatoms. The van der Waals surface area contributed by atoms with Crippen LogP contribution in [0.1, 0.15) is 297 Å². The SMILES string of the molecule is CC/C=C\C/C=C\C/C=C\C/C=C\C/C=C\C/C=C\C/C=C\CCCCCCCCCC(=O)OCC(COC(=O)CCCCCCC/C=C\CCCCC)OC(=O)CCCCCCCCCCCCCCCCC. The van der Waals surface area contributed by atoms with E-state index in [0.29, 0.717) is 19.3 Å². The maximum Gasteiger partial charge on any atom is 0.306 e. The van der Waals surface area contributed by atoms with Gasteiger partial charge >= 0.3 is 17.9 Å². The molecule has 74 heavy (non-hydrogen) atoms. The lowest BCUT2D eigenvalue weighted by Crippen LogP contribution is -2.30. The summed E-state index contributed by atoms with van der Waals surface area (Å²) >= 11 is 0. The molecule has 6 nitrogen and oxygen atoms in total. The Hall–Kier alpha value is -3.67. The summed E-state index contributed by atoms with van der Waals surface area (Å²) in [4.78, 5) is 38.2. The molecule has 0 aliphatic heterocycles. The Morgan fingerprint density at radius 1 is 0.284 bits per heavy atom. The fourth-order valence-corrected chi connectivity index (χ4v) is 8.65. The molecule has 0 aromatic rings. The Bertz CT molecular complexity index is 1460. The first kappa shape index (κ1) is 70.3. The second-order valence-corrected chi connectivity index (χ2v) is 20.6. The molecule has 0 spiro atoms. The van der Waals surface area contributed by atoms with Crippen LogP contribution in [-0.4, -0.2) is 37.2 Å². The Labute approximate surface area is 457 Å². The van der Waals surface area contributed by atoms with Crippen LogP contribution in [0, 0.1) is 0 Å². The van der Waals surface area contributed by atoms with Crippen molar-refractivity contribution in [3.63, 3.8) is 0 Å². The van der Waals surface area contributed by atoms with Gasteiger partial charge in [-0.15, -0.1) is 0 Å². The number of allylic oxidation sites excluding steroid dienone is 16. The molecule has 0 saturated carbocycles. The molecule has 0 fully saturated rings. The third-order valence-electron chi connectivity index (χ3n) is 13.3. The van der Waals surface area contributed by atoms with Gasteiger partial charge in [0.25, 0.3) is 0 Å². The van der Waals surface area contributed by atoms with Crippen molar-refractivity contribution in [3.05, 3.63) is 97.2 Å². The number of ether oxygens (including phenoxy) is 3. The summed E-state index contributed by atoms with van der Waals surface area (Å²) in [6.07, 6.45) is 82.6. The second kappa shape index (κ2) is 61.9. The molecule has 0 aliphatic carbocycles.